The fraction of sp³-hybridized carbons (Fsp3) is 0.273. The van der Waals surface area contributed by atoms with Crippen molar-refractivity contribution in [3.05, 3.63) is 31.0 Å². The normalized spacial score (nSPS) is 12.1. The topological polar surface area (TPSA) is 98.7 Å². The zero-order valence-electron chi connectivity index (χ0n) is 9.95. The van der Waals surface area contributed by atoms with Gasteiger partial charge < -0.3 is 11.1 Å². The van der Waals surface area contributed by atoms with Crippen LogP contribution in [0.2, 0.25) is 0 Å². The molecule has 0 aliphatic heterocycles. The van der Waals surface area contributed by atoms with Crippen LogP contribution in [0.15, 0.2) is 31.0 Å². The zero-order chi connectivity index (χ0) is 13.0. The molecule has 0 radical (unpaired) electrons. The minimum atomic E-state index is -0.184. The van der Waals surface area contributed by atoms with Crippen LogP contribution >= 0.6 is 0 Å². The molecular formula is C11H14N6O. The molecule has 94 valence electrons. The minimum absolute atomic E-state index is 0.153. The highest BCUT2D eigenvalue weighted by atomic mass is 16.1. The Morgan fingerprint density at radius 3 is 3.11 bits per heavy atom. The molecule has 7 heteroatoms. The Balaban J connectivity index is 2.21. The molecule has 2 heterocycles. The molecule has 0 aliphatic rings. The molecular weight excluding hydrogens is 232 g/mol. The molecule has 0 saturated carbocycles. The Bertz CT molecular complexity index is 522. The van der Waals surface area contributed by atoms with Gasteiger partial charge in [0, 0.05) is 18.7 Å². The van der Waals surface area contributed by atoms with Gasteiger partial charge in [-0.2, -0.15) is 5.10 Å². The molecule has 7 nitrogen and oxygen atoms in total. The van der Waals surface area contributed by atoms with E-state index in [1.165, 1.54) is 17.3 Å². The summed E-state index contributed by atoms with van der Waals surface area (Å²) in [6, 6.07) is 3.31. The molecule has 2 aromatic heterocycles. The highest BCUT2D eigenvalue weighted by Crippen LogP contribution is 2.15. The van der Waals surface area contributed by atoms with Gasteiger partial charge in [-0.25, -0.2) is 14.6 Å². The number of nitrogens with one attached hydrogen (secondary N) is 1. The summed E-state index contributed by atoms with van der Waals surface area (Å²) in [4.78, 5) is 19.7. The summed E-state index contributed by atoms with van der Waals surface area (Å²) in [5.41, 5.74) is 6.15. The van der Waals surface area contributed by atoms with Crippen molar-refractivity contribution >= 4 is 11.6 Å². The van der Waals surface area contributed by atoms with Gasteiger partial charge in [0.1, 0.15) is 12.7 Å². The van der Waals surface area contributed by atoms with Crippen molar-refractivity contribution in [1.29, 1.82) is 0 Å². The maximum atomic E-state index is 11.7. The van der Waals surface area contributed by atoms with E-state index in [4.69, 9.17) is 5.73 Å². The lowest BCUT2D eigenvalue weighted by Crippen LogP contribution is -2.24. The molecule has 0 fully saturated rings. The van der Waals surface area contributed by atoms with Gasteiger partial charge in [0.2, 0.25) is 5.91 Å². The van der Waals surface area contributed by atoms with Gasteiger partial charge >= 0.3 is 0 Å². The van der Waals surface area contributed by atoms with Gasteiger partial charge in [0.25, 0.3) is 0 Å². The molecule has 0 aliphatic carbocycles. The second kappa shape index (κ2) is 5.37. The molecule has 1 atom stereocenters. The fourth-order valence-corrected chi connectivity index (χ4v) is 1.49. The fourth-order valence-electron chi connectivity index (χ4n) is 1.49. The average Bonchev–Trinajstić information content (AvgIpc) is 2.81. The quantitative estimate of drug-likeness (QED) is 0.810. The Morgan fingerprint density at radius 1 is 1.61 bits per heavy atom. The number of pyridine rings is 1. The zero-order valence-corrected chi connectivity index (χ0v) is 9.95. The first-order valence-electron chi connectivity index (χ1n) is 5.52. The van der Waals surface area contributed by atoms with Crippen LogP contribution in [0.1, 0.15) is 13.3 Å². The summed E-state index contributed by atoms with van der Waals surface area (Å²) in [7, 11) is 0. The van der Waals surface area contributed by atoms with Crippen LogP contribution in [0.3, 0.4) is 0 Å². The number of nitrogens with two attached hydrogens (primary N) is 1. The average molecular weight is 246 g/mol. The predicted octanol–water partition coefficient (Wildman–Crippen LogP) is 0.338. The van der Waals surface area contributed by atoms with Crippen LogP contribution in [0.4, 0.5) is 5.69 Å². The molecule has 0 spiro atoms. The standard InChI is InChI=1S/C11H14N6O/c1-8(12)5-10(18)16-9-3-2-4-14-11(9)17-7-13-6-15-17/h2-4,6-8H,5,12H2,1H3,(H,16,18). The summed E-state index contributed by atoms with van der Waals surface area (Å²) in [5, 5.41) is 6.74. The van der Waals surface area contributed by atoms with Gasteiger partial charge in [-0.3, -0.25) is 4.79 Å². The van der Waals surface area contributed by atoms with E-state index in [0.29, 0.717) is 11.5 Å². The number of nitrogens with zero attached hydrogens (tertiary/aromatic N) is 4. The van der Waals surface area contributed by atoms with E-state index in [0.717, 1.165) is 0 Å². The van der Waals surface area contributed by atoms with Crippen molar-refractivity contribution in [2.75, 3.05) is 5.32 Å². The third kappa shape index (κ3) is 2.89. The number of hydrogen-bond donors (Lipinski definition) is 2. The van der Waals surface area contributed by atoms with Gasteiger partial charge in [-0.1, -0.05) is 0 Å². The molecule has 2 aromatic rings. The number of rotatable bonds is 4. The van der Waals surface area contributed by atoms with Crippen LogP contribution in [-0.4, -0.2) is 31.7 Å². The number of aromatic nitrogens is 4. The van der Waals surface area contributed by atoms with Gasteiger partial charge in [-0.05, 0) is 19.1 Å². The van der Waals surface area contributed by atoms with E-state index >= 15 is 0 Å². The Labute approximate surface area is 104 Å². The lowest BCUT2D eigenvalue weighted by atomic mass is 10.2. The maximum Gasteiger partial charge on any atom is 0.226 e. The van der Waals surface area contributed by atoms with Crippen molar-refractivity contribution in [3.8, 4) is 5.82 Å². The van der Waals surface area contributed by atoms with E-state index in [1.54, 1.807) is 25.3 Å². The van der Waals surface area contributed by atoms with Crippen LogP contribution in [0.25, 0.3) is 5.82 Å². The largest absolute Gasteiger partial charge is 0.327 e. The molecule has 0 aromatic carbocycles. The second-order valence-electron chi connectivity index (χ2n) is 3.94. The van der Waals surface area contributed by atoms with E-state index in [1.807, 2.05) is 0 Å². The smallest absolute Gasteiger partial charge is 0.226 e. The summed E-state index contributed by atoms with van der Waals surface area (Å²) in [6.07, 6.45) is 4.80. The van der Waals surface area contributed by atoms with Crippen LogP contribution in [0, 0.1) is 0 Å². The van der Waals surface area contributed by atoms with E-state index < -0.39 is 0 Å². The number of anilines is 1. The third-order valence-electron chi connectivity index (χ3n) is 2.20. The lowest BCUT2D eigenvalue weighted by Gasteiger charge is -2.10. The Morgan fingerprint density at radius 2 is 2.44 bits per heavy atom. The van der Waals surface area contributed by atoms with Gasteiger partial charge in [0.05, 0.1) is 5.69 Å². The maximum absolute atomic E-state index is 11.7. The van der Waals surface area contributed by atoms with Crippen molar-refractivity contribution in [1.82, 2.24) is 19.7 Å². The number of hydrogen-bond acceptors (Lipinski definition) is 5. The van der Waals surface area contributed by atoms with Crippen molar-refractivity contribution in [3.63, 3.8) is 0 Å². The second-order valence-corrected chi connectivity index (χ2v) is 3.94. The number of carbonyl (C=O) groups excluding carboxylic acids is 1. The lowest BCUT2D eigenvalue weighted by molar-refractivity contribution is -0.116. The van der Waals surface area contributed by atoms with Crippen molar-refractivity contribution in [2.24, 2.45) is 5.73 Å². The highest BCUT2D eigenvalue weighted by molar-refractivity contribution is 5.92. The predicted molar refractivity (Wildman–Crippen MR) is 66.1 cm³/mol. The minimum Gasteiger partial charge on any atom is -0.327 e. The molecule has 1 amide bonds. The van der Waals surface area contributed by atoms with E-state index in [-0.39, 0.29) is 18.4 Å². The first-order valence-corrected chi connectivity index (χ1v) is 5.52. The Kier molecular flexibility index (Phi) is 3.63. The molecule has 0 saturated heterocycles. The summed E-state index contributed by atoms with van der Waals surface area (Å²) in [6.45, 7) is 1.78. The SMILES string of the molecule is CC(N)CC(=O)Nc1cccnc1-n1cncn1. The molecule has 18 heavy (non-hydrogen) atoms. The molecule has 0 bridgehead atoms. The van der Waals surface area contributed by atoms with Crippen molar-refractivity contribution in [2.45, 2.75) is 19.4 Å². The highest BCUT2D eigenvalue weighted by Gasteiger charge is 2.10. The third-order valence-corrected chi connectivity index (χ3v) is 2.20. The molecule has 1 unspecified atom stereocenters. The first kappa shape index (κ1) is 12.2. The number of amides is 1. The number of carbonyl (C=O) groups is 1. The first-order chi connectivity index (χ1) is 8.66. The van der Waals surface area contributed by atoms with E-state index in [2.05, 4.69) is 20.4 Å². The summed E-state index contributed by atoms with van der Waals surface area (Å²) < 4.78 is 1.49. The van der Waals surface area contributed by atoms with Crippen molar-refractivity contribution < 1.29 is 4.79 Å². The molecule has 2 rings (SSSR count). The monoisotopic (exact) mass is 246 g/mol. The van der Waals surface area contributed by atoms with Gasteiger partial charge in [-0.15, -0.1) is 0 Å². The van der Waals surface area contributed by atoms with E-state index in [9.17, 15) is 4.79 Å². The van der Waals surface area contributed by atoms with Crippen LogP contribution in [0.5, 0.6) is 0 Å². The Hall–Kier alpha value is -2.28. The van der Waals surface area contributed by atoms with Crippen LogP contribution in [-0.2, 0) is 4.79 Å². The van der Waals surface area contributed by atoms with Crippen LogP contribution < -0.4 is 11.1 Å². The summed E-state index contributed by atoms with van der Waals surface area (Å²) >= 11 is 0. The molecule has 3 N–H and O–H groups in total. The summed E-state index contributed by atoms with van der Waals surface area (Å²) in [5.74, 6) is 0.368. The van der Waals surface area contributed by atoms with Gasteiger partial charge in [0.15, 0.2) is 5.82 Å².